The summed E-state index contributed by atoms with van der Waals surface area (Å²) in [7, 11) is 0. The highest BCUT2D eigenvalue weighted by Crippen LogP contribution is 2.28. The lowest BCUT2D eigenvalue weighted by Crippen LogP contribution is -2.40. The summed E-state index contributed by atoms with van der Waals surface area (Å²) in [5.41, 5.74) is 0.0132. The number of carbonyl (C=O) groups excluding carboxylic acids is 1. The van der Waals surface area contributed by atoms with Crippen molar-refractivity contribution in [2.45, 2.75) is 51.5 Å². The highest BCUT2D eigenvalue weighted by Gasteiger charge is 2.25. The lowest BCUT2D eigenvalue weighted by Gasteiger charge is -2.30. The number of rotatable bonds is 4. The summed E-state index contributed by atoms with van der Waals surface area (Å²) in [4.78, 5) is 12.2. The van der Waals surface area contributed by atoms with Crippen LogP contribution in [0.25, 0.3) is 0 Å². The van der Waals surface area contributed by atoms with E-state index in [1.54, 1.807) is 0 Å². The van der Waals surface area contributed by atoms with Crippen molar-refractivity contribution in [3.05, 3.63) is 29.6 Å². The van der Waals surface area contributed by atoms with E-state index in [-0.39, 0.29) is 23.3 Å². The molecule has 0 heterocycles. The van der Waals surface area contributed by atoms with Crippen molar-refractivity contribution >= 4 is 5.91 Å². The van der Waals surface area contributed by atoms with Gasteiger partial charge in [-0.25, -0.2) is 4.39 Å². The van der Waals surface area contributed by atoms with Crippen molar-refractivity contribution in [1.29, 1.82) is 0 Å². The van der Waals surface area contributed by atoms with Crippen molar-refractivity contribution in [2.75, 3.05) is 0 Å². The van der Waals surface area contributed by atoms with E-state index in [1.807, 2.05) is 6.92 Å². The number of aromatic hydroxyl groups is 1. The van der Waals surface area contributed by atoms with Crippen LogP contribution in [0.3, 0.4) is 0 Å². The largest absolute Gasteiger partial charge is 0.507 e. The minimum atomic E-state index is -0.515. The lowest BCUT2D eigenvalue weighted by atomic mass is 9.83. The minimum Gasteiger partial charge on any atom is -0.507 e. The Labute approximate surface area is 119 Å². The van der Waals surface area contributed by atoms with Gasteiger partial charge in [0.2, 0.25) is 0 Å². The zero-order valence-corrected chi connectivity index (χ0v) is 11.9. The fourth-order valence-corrected chi connectivity index (χ4v) is 3.03. The van der Waals surface area contributed by atoms with Crippen LogP contribution in [0.5, 0.6) is 5.75 Å². The molecule has 0 saturated heterocycles. The van der Waals surface area contributed by atoms with Crippen LogP contribution < -0.4 is 5.32 Å². The monoisotopic (exact) mass is 279 g/mol. The van der Waals surface area contributed by atoms with E-state index in [9.17, 15) is 14.3 Å². The molecule has 1 atom stereocenters. The highest BCUT2D eigenvalue weighted by atomic mass is 19.1. The first kappa shape index (κ1) is 14.8. The maximum Gasteiger partial charge on any atom is 0.255 e. The van der Waals surface area contributed by atoms with Gasteiger partial charge in [0.25, 0.3) is 5.91 Å². The van der Waals surface area contributed by atoms with Gasteiger partial charge in [0.05, 0.1) is 5.56 Å². The van der Waals surface area contributed by atoms with E-state index in [0.717, 1.165) is 31.4 Å². The van der Waals surface area contributed by atoms with Crippen LogP contribution in [0.1, 0.15) is 55.8 Å². The summed E-state index contributed by atoms with van der Waals surface area (Å²) in [6.45, 7) is 2.05. The Morgan fingerprint density at radius 3 is 2.75 bits per heavy atom. The van der Waals surface area contributed by atoms with Crippen molar-refractivity contribution in [2.24, 2.45) is 5.92 Å². The highest BCUT2D eigenvalue weighted by molar-refractivity contribution is 5.97. The Bertz CT molecular complexity index is 470. The van der Waals surface area contributed by atoms with Gasteiger partial charge in [-0.3, -0.25) is 4.79 Å². The van der Waals surface area contributed by atoms with Gasteiger partial charge in [-0.05, 0) is 43.4 Å². The van der Waals surface area contributed by atoms with Gasteiger partial charge < -0.3 is 10.4 Å². The van der Waals surface area contributed by atoms with E-state index in [1.165, 1.54) is 25.3 Å². The molecule has 3 nitrogen and oxygen atoms in total. The molecule has 4 heteroatoms. The molecule has 1 fully saturated rings. The maximum atomic E-state index is 13.2. The number of hydrogen-bond acceptors (Lipinski definition) is 2. The van der Waals surface area contributed by atoms with Gasteiger partial charge in [0, 0.05) is 6.04 Å². The molecule has 0 bridgehead atoms. The SMILES string of the molecule is CCC(NC(=O)c1cc(F)ccc1O)C1CCCCC1. The second-order valence-corrected chi connectivity index (χ2v) is 5.55. The van der Waals surface area contributed by atoms with Crippen molar-refractivity contribution in [3.63, 3.8) is 0 Å². The summed E-state index contributed by atoms with van der Waals surface area (Å²) in [6, 6.07) is 3.54. The summed E-state index contributed by atoms with van der Waals surface area (Å²) in [5, 5.41) is 12.6. The molecule has 1 aromatic carbocycles. The molecular formula is C16H22FNO2. The Morgan fingerprint density at radius 1 is 1.40 bits per heavy atom. The van der Waals surface area contributed by atoms with Gasteiger partial charge in [-0.2, -0.15) is 0 Å². The topological polar surface area (TPSA) is 49.3 Å². The zero-order chi connectivity index (χ0) is 14.5. The average molecular weight is 279 g/mol. The number of benzene rings is 1. The minimum absolute atomic E-state index is 0.0132. The van der Waals surface area contributed by atoms with Crippen LogP contribution >= 0.6 is 0 Å². The van der Waals surface area contributed by atoms with E-state index in [2.05, 4.69) is 5.32 Å². The number of nitrogens with one attached hydrogen (secondary N) is 1. The fraction of sp³-hybridized carbons (Fsp3) is 0.562. The second-order valence-electron chi connectivity index (χ2n) is 5.55. The molecule has 1 aliphatic rings. The lowest BCUT2D eigenvalue weighted by molar-refractivity contribution is 0.0908. The molecule has 110 valence electrons. The van der Waals surface area contributed by atoms with Crippen molar-refractivity contribution < 1.29 is 14.3 Å². The molecule has 2 rings (SSSR count). The Morgan fingerprint density at radius 2 is 2.10 bits per heavy atom. The maximum absolute atomic E-state index is 13.2. The summed E-state index contributed by atoms with van der Waals surface area (Å²) in [5.74, 6) is -0.589. The van der Waals surface area contributed by atoms with E-state index < -0.39 is 5.82 Å². The average Bonchev–Trinajstić information content (AvgIpc) is 2.48. The Kier molecular flexibility index (Phi) is 4.99. The zero-order valence-electron chi connectivity index (χ0n) is 11.9. The van der Waals surface area contributed by atoms with E-state index in [4.69, 9.17) is 0 Å². The Hall–Kier alpha value is -1.58. The smallest absolute Gasteiger partial charge is 0.255 e. The molecular weight excluding hydrogens is 257 g/mol. The second kappa shape index (κ2) is 6.73. The molecule has 1 unspecified atom stereocenters. The number of amides is 1. The third kappa shape index (κ3) is 3.50. The number of hydrogen-bond donors (Lipinski definition) is 2. The van der Waals surface area contributed by atoms with E-state index >= 15 is 0 Å². The molecule has 1 amide bonds. The number of carbonyl (C=O) groups is 1. The van der Waals surface area contributed by atoms with Gasteiger partial charge in [-0.1, -0.05) is 26.2 Å². The molecule has 2 N–H and O–H groups in total. The summed E-state index contributed by atoms with van der Waals surface area (Å²) >= 11 is 0. The first-order chi connectivity index (χ1) is 9.61. The van der Waals surface area contributed by atoms with Gasteiger partial charge in [-0.15, -0.1) is 0 Å². The van der Waals surface area contributed by atoms with Crippen LogP contribution in [0.4, 0.5) is 4.39 Å². The molecule has 20 heavy (non-hydrogen) atoms. The van der Waals surface area contributed by atoms with E-state index in [0.29, 0.717) is 5.92 Å². The molecule has 0 aliphatic heterocycles. The molecule has 0 aromatic heterocycles. The van der Waals surface area contributed by atoms with Crippen LogP contribution in [0.2, 0.25) is 0 Å². The van der Waals surface area contributed by atoms with Gasteiger partial charge in [0.1, 0.15) is 11.6 Å². The number of halogens is 1. The normalized spacial score (nSPS) is 17.7. The van der Waals surface area contributed by atoms with Crippen LogP contribution in [0.15, 0.2) is 18.2 Å². The number of phenols is 1. The molecule has 1 saturated carbocycles. The number of phenolic OH excluding ortho intramolecular Hbond substituents is 1. The summed E-state index contributed by atoms with van der Waals surface area (Å²) in [6.07, 6.45) is 6.81. The van der Waals surface area contributed by atoms with Gasteiger partial charge in [0.15, 0.2) is 0 Å². The van der Waals surface area contributed by atoms with Crippen molar-refractivity contribution in [1.82, 2.24) is 5.32 Å². The van der Waals surface area contributed by atoms with Crippen LogP contribution in [0, 0.1) is 11.7 Å². The van der Waals surface area contributed by atoms with Crippen LogP contribution in [-0.2, 0) is 0 Å². The fourth-order valence-electron chi connectivity index (χ4n) is 3.03. The Balaban J connectivity index is 2.06. The molecule has 0 radical (unpaired) electrons. The van der Waals surface area contributed by atoms with Gasteiger partial charge >= 0.3 is 0 Å². The first-order valence-corrected chi connectivity index (χ1v) is 7.41. The van der Waals surface area contributed by atoms with Crippen molar-refractivity contribution in [3.8, 4) is 5.75 Å². The van der Waals surface area contributed by atoms with Crippen LogP contribution in [-0.4, -0.2) is 17.1 Å². The standard InChI is InChI=1S/C16H22FNO2/c1-2-14(11-6-4-3-5-7-11)18-16(20)13-10-12(17)8-9-15(13)19/h8-11,14,19H,2-7H2,1H3,(H,18,20). The molecule has 0 spiro atoms. The first-order valence-electron chi connectivity index (χ1n) is 7.41. The summed E-state index contributed by atoms with van der Waals surface area (Å²) < 4.78 is 13.2. The predicted molar refractivity (Wildman–Crippen MR) is 76.2 cm³/mol. The third-order valence-electron chi connectivity index (χ3n) is 4.18. The predicted octanol–water partition coefficient (Wildman–Crippen LogP) is 3.62. The quantitative estimate of drug-likeness (QED) is 0.884. The molecule has 1 aliphatic carbocycles. The third-order valence-corrected chi connectivity index (χ3v) is 4.18. The molecule has 1 aromatic rings.